The normalized spacial score (nSPS) is 11.3. The van der Waals surface area contributed by atoms with Gasteiger partial charge in [-0.2, -0.15) is 0 Å². The third-order valence-electron chi connectivity index (χ3n) is 2.11. The van der Waals surface area contributed by atoms with Crippen LogP contribution in [0.25, 0.3) is 0 Å². The van der Waals surface area contributed by atoms with Crippen LogP contribution in [-0.2, 0) is 0 Å². The number of pyridine rings is 1. The van der Waals surface area contributed by atoms with Crippen LogP contribution in [0.15, 0.2) is 6.07 Å². The van der Waals surface area contributed by atoms with E-state index >= 15 is 0 Å². The zero-order chi connectivity index (χ0) is 12.5. The number of hydrogen-bond acceptors (Lipinski definition) is 3. The molecule has 1 heterocycles. The smallest absolute Gasteiger partial charge is 0.137 e. The Bertz CT molecular complexity index is 416. The molecule has 4 heteroatoms. The topological polar surface area (TPSA) is 74.8 Å². The van der Waals surface area contributed by atoms with Crippen LogP contribution in [0, 0.1) is 19.3 Å². The van der Waals surface area contributed by atoms with Crippen molar-refractivity contribution in [2.75, 3.05) is 5.32 Å². The van der Waals surface area contributed by atoms with Gasteiger partial charge in [-0.15, -0.1) is 0 Å². The fourth-order valence-electron chi connectivity index (χ4n) is 1.62. The number of aromatic nitrogens is 1. The molecule has 0 radical (unpaired) electrons. The van der Waals surface area contributed by atoms with E-state index in [2.05, 4.69) is 31.1 Å². The van der Waals surface area contributed by atoms with Gasteiger partial charge in [-0.05, 0) is 46.2 Å². The van der Waals surface area contributed by atoms with Crippen molar-refractivity contribution in [1.82, 2.24) is 4.98 Å². The molecule has 88 valence electrons. The molecule has 0 aliphatic carbocycles. The highest BCUT2D eigenvalue weighted by molar-refractivity contribution is 6.01. The van der Waals surface area contributed by atoms with E-state index in [-0.39, 0.29) is 11.4 Å². The molecular weight excluding hydrogens is 200 g/mol. The molecule has 1 aromatic heterocycles. The third-order valence-corrected chi connectivity index (χ3v) is 2.11. The van der Waals surface area contributed by atoms with Gasteiger partial charge >= 0.3 is 0 Å². The summed E-state index contributed by atoms with van der Waals surface area (Å²) in [5.74, 6) is 0.745. The Morgan fingerprint density at radius 3 is 2.38 bits per heavy atom. The van der Waals surface area contributed by atoms with Crippen LogP contribution in [0.1, 0.15) is 37.6 Å². The second-order valence-electron chi connectivity index (χ2n) is 5.09. The van der Waals surface area contributed by atoms with Crippen LogP contribution < -0.4 is 11.1 Å². The highest BCUT2D eigenvalue weighted by atomic mass is 15.0. The van der Waals surface area contributed by atoms with E-state index in [1.807, 2.05) is 19.9 Å². The number of rotatable bonds is 2. The maximum atomic E-state index is 7.59. The molecule has 0 amide bonds. The average molecular weight is 220 g/mol. The second kappa shape index (κ2) is 4.12. The molecule has 0 aliphatic heterocycles. The van der Waals surface area contributed by atoms with Crippen molar-refractivity contribution in [2.45, 2.75) is 40.2 Å². The van der Waals surface area contributed by atoms with Crippen molar-refractivity contribution < 1.29 is 0 Å². The van der Waals surface area contributed by atoms with E-state index < -0.39 is 0 Å². The summed E-state index contributed by atoms with van der Waals surface area (Å²) < 4.78 is 0. The lowest BCUT2D eigenvalue weighted by Gasteiger charge is -2.24. The monoisotopic (exact) mass is 220 g/mol. The summed E-state index contributed by atoms with van der Waals surface area (Å²) in [6.07, 6.45) is 0. The Labute approximate surface area is 96.8 Å². The van der Waals surface area contributed by atoms with E-state index in [9.17, 15) is 0 Å². The van der Waals surface area contributed by atoms with Gasteiger partial charge in [-0.1, -0.05) is 0 Å². The first kappa shape index (κ1) is 12.5. The summed E-state index contributed by atoms with van der Waals surface area (Å²) in [5.41, 5.74) is 8.09. The Balaban J connectivity index is 3.30. The van der Waals surface area contributed by atoms with E-state index in [1.54, 1.807) is 0 Å². The molecule has 0 saturated carbocycles. The van der Waals surface area contributed by atoms with Crippen molar-refractivity contribution >= 4 is 11.7 Å². The van der Waals surface area contributed by atoms with Crippen molar-refractivity contribution in [2.24, 2.45) is 5.73 Å². The third kappa shape index (κ3) is 2.95. The SMILES string of the molecule is Cc1cc(C)c(C(=N)N)c(NC(C)(C)C)n1. The maximum absolute atomic E-state index is 7.59. The van der Waals surface area contributed by atoms with Gasteiger partial charge in [0, 0.05) is 11.2 Å². The molecule has 4 N–H and O–H groups in total. The molecule has 0 atom stereocenters. The summed E-state index contributed by atoms with van der Waals surface area (Å²) in [5, 5.41) is 10.9. The molecule has 0 bridgehead atoms. The zero-order valence-corrected chi connectivity index (χ0v) is 10.6. The minimum atomic E-state index is -0.0998. The van der Waals surface area contributed by atoms with Crippen molar-refractivity contribution in [1.29, 1.82) is 5.41 Å². The Morgan fingerprint density at radius 2 is 1.94 bits per heavy atom. The highest BCUT2D eigenvalue weighted by Gasteiger charge is 2.16. The van der Waals surface area contributed by atoms with Gasteiger partial charge in [-0.3, -0.25) is 5.41 Å². The largest absolute Gasteiger partial charge is 0.384 e. The summed E-state index contributed by atoms with van der Waals surface area (Å²) >= 11 is 0. The molecule has 0 saturated heterocycles. The first-order valence-electron chi connectivity index (χ1n) is 5.31. The number of nitrogens with two attached hydrogens (primary N) is 1. The van der Waals surface area contributed by atoms with Gasteiger partial charge in [0.05, 0.1) is 5.56 Å². The van der Waals surface area contributed by atoms with Gasteiger partial charge in [0.1, 0.15) is 11.7 Å². The zero-order valence-electron chi connectivity index (χ0n) is 10.6. The van der Waals surface area contributed by atoms with Crippen molar-refractivity contribution in [3.63, 3.8) is 0 Å². The number of amidine groups is 1. The van der Waals surface area contributed by atoms with E-state index in [4.69, 9.17) is 11.1 Å². The summed E-state index contributed by atoms with van der Waals surface area (Å²) in [7, 11) is 0. The Morgan fingerprint density at radius 1 is 1.38 bits per heavy atom. The van der Waals surface area contributed by atoms with Gasteiger partial charge in [0.15, 0.2) is 0 Å². The highest BCUT2D eigenvalue weighted by Crippen LogP contribution is 2.21. The van der Waals surface area contributed by atoms with Crippen LogP contribution in [0.2, 0.25) is 0 Å². The minimum Gasteiger partial charge on any atom is -0.384 e. The Kier molecular flexibility index (Phi) is 3.21. The maximum Gasteiger partial charge on any atom is 0.137 e. The number of nitrogen functional groups attached to an aromatic ring is 1. The van der Waals surface area contributed by atoms with Crippen LogP contribution >= 0.6 is 0 Å². The lowest BCUT2D eigenvalue weighted by atomic mass is 10.1. The van der Waals surface area contributed by atoms with Gasteiger partial charge in [0.25, 0.3) is 0 Å². The fraction of sp³-hybridized carbons (Fsp3) is 0.500. The lowest BCUT2D eigenvalue weighted by molar-refractivity contribution is 0.629. The van der Waals surface area contributed by atoms with Crippen LogP contribution in [0.5, 0.6) is 0 Å². The van der Waals surface area contributed by atoms with Crippen LogP contribution in [0.3, 0.4) is 0 Å². The number of anilines is 1. The van der Waals surface area contributed by atoms with Crippen LogP contribution in [0.4, 0.5) is 5.82 Å². The molecule has 0 spiro atoms. The molecule has 0 aromatic carbocycles. The lowest BCUT2D eigenvalue weighted by Crippen LogP contribution is -2.29. The number of nitrogens with one attached hydrogen (secondary N) is 2. The second-order valence-corrected chi connectivity index (χ2v) is 5.09. The quantitative estimate of drug-likeness (QED) is 0.528. The number of hydrogen-bond donors (Lipinski definition) is 3. The fourth-order valence-corrected chi connectivity index (χ4v) is 1.62. The molecule has 0 fully saturated rings. The predicted octanol–water partition coefficient (Wildman–Crippen LogP) is 2.19. The summed E-state index contributed by atoms with van der Waals surface area (Å²) in [6, 6.07) is 1.94. The van der Waals surface area contributed by atoms with E-state index in [1.165, 1.54) is 0 Å². The van der Waals surface area contributed by atoms with Crippen molar-refractivity contribution in [3.05, 3.63) is 22.9 Å². The summed E-state index contributed by atoms with van der Waals surface area (Å²) in [4.78, 5) is 4.41. The van der Waals surface area contributed by atoms with Gasteiger partial charge in [0.2, 0.25) is 0 Å². The molecular formula is C12H20N4. The van der Waals surface area contributed by atoms with Crippen LogP contribution in [-0.4, -0.2) is 16.4 Å². The van der Waals surface area contributed by atoms with E-state index in [0.29, 0.717) is 11.4 Å². The minimum absolute atomic E-state index is 0.0525. The molecule has 1 rings (SSSR count). The van der Waals surface area contributed by atoms with Gasteiger partial charge in [-0.25, -0.2) is 4.98 Å². The molecule has 0 unspecified atom stereocenters. The van der Waals surface area contributed by atoms with E-state index in [0.717, 1.165) is 11.3 Å². The molecule has 0 aliphatic rings. The summed E-state index contributed by atoms with van der Waals surface area (Å²) in [6.45, 7) is 10.0. The first-order chi connectivity index (χ1) is 7.20. The Hall–Kier alpha value is -1.58. The van der Waals surface area contributed by atoms with Gasteiger partial charge < -0.3 is 11.1 Å². The predicted molar refractivity (Wildman–Crippen MR) is 68.1 cm³/mol. The number of nitrogens with zero attached hydrogens (tertiary/aromatic N) is 1. The van der Waals surface area contributed by atoms with Crippen molar-refractivity contribution in [3.8, 4) is 0 Å². The molecule has 16 heavy (non-hydrogen) atoms. The molecule has 4 nitrogen and oxygen atoms in total. The first-order valence-corrected chi connectivity index (χ1v) is 5.31. The standard InChI is InChI=1S/C12H20N4/c1-7-6-8(2)15-11(9(7)10(13)14)16-12(3,4)5/h6H,1-5H3,(H3,13,14)(H,15,16). The molecule has 1 aromatic rings. The number of aryl methyl sites for hydroxylation is 2. The average Bonchev–Trinajstić information content (AvgIpc) is 1.96.